The highest BCUT2D eigenvalue weighted by Gasteiger charge is 2.20. The van der Waals surface area contributed by atoms with Crippen LogP contribution in [0.4, 0.5) is 0 Å². The van der Waals surface area contributed by atoms with E-state index < -0.39 is 0 Å². The van der Waals surface area contributed by atoms with Gasteiger partial charge >= 0.3 is 0 Å². The monoisotopic (exact) mass is 186 g/mol. The molecule has 0 aromatic carbocycles. The minimum absolute atomic E-state index is 0.184. The maximum Gasteiger partial charge on any atom is 0.0639 e. The Kier molecular flexibility index (Phi) is 4.16. The number of likely N-dealkylation sites (tertiary alicyclic amines) is 1. The zero-order valence-corrected chi connectivity index (χ0v) is 9.03. The van der Waals surface area contributed by atoms with Crippen LogP contribution in [0.2, 0.25) is 0 Å². The minimum Gasteiger partial charge on any atom is -0.392 e. The highest BCUT2D eigenvalue weighted by molar-refractivity contribution is 4.77. The second kappa shape index (κ2) is 4.94. The van der Waals surface area contributed by atoms with Crippen molar-refractivity contribution >= 4 is 0 Å². The van der Waals surface area contributed by atoms with Gasteiger partial charge in [0.15, 0.2) is 0 Å². The largest absolute Gasteiger partial charge is 0.392 e. The molecule has 3 nitrogen and oxygen atoms in total. The highest BCUT2D eigenvalue weighted by atomic mass is 16.3. The molecule has 1 aliphatic heterocycles. The lowest BCUT2D eigenvalue weighted by Crippen LogP contribution is -2.44. The Balaban J connectivity index is 2.22. The number of aliphatic hydroxyl groups excluding tert-OH is 1. The molecule has 1 N–H and O–H groups in total. The fraction of sp³-hybridized carbons (Fsp3) is 1.00. The van der Waals surface area contributed by atoms with E-state index in [1.807, 2.05) is 6.92 Å². The molecule has 1 rings (SSSR count). The van der Waals surface area contributed by atoms with Gasteiger partial charge in [-0.2, -0.15) is 0 Å². The molecule has 0 aromatic rings. The summed E-state index contributed by atoms with van der Waals surface area (Å²) >= 11 is 0. The van der Waals surface area contributed by atoms with Crippen molar-refractivity contribution in [3.05, 3.63) is 0 Å². The molecule has 0 saturated carbocycles. The van der Waals surface area contributed by atoms with Gasteiger partial charge in [0.25, 0.3) is 0 Å². The molecule has 0 radical (unpaired) electrons. The lowest BCUT2D eigenvalue weighted by atomic mass is 10.0. The van der Waals surface area contributed by atoms with Crippen molar-refractivity contribution in [2.24, 2.45) is 0 Å². The molecule has 1 saturated heterocycles. The van der Waals surface area contributed by atoms with Crippen LogP contribution in [-0.2, 0) is 0 Å². The first-order chi connectivity index (χ1) is 6.09. The van der Waals surface area contributed by atoms with Crippen molar-refractivity contribution in [2.75, 3.05) is 33.7 Å². The second-order valence-corrected chi connectivity index (χ2v) is 4.34. The third kappa shape index (κ3) is 3.63. The van der Waals surface area contributed by atoms with Gasteiger partial charge in [-0.15, -0.1) is 0 Å². The number of rotatable bonds is 3. The molecule has 0 aliphatic carbocycles. The van der Waals surface area contributed by atoms with Gasteiger partial charge in [0.1, 0.15) is 0 Å². The first-order valence-corrected chi connectivity index (χ1v) is 5.16. The number of nitrogens with zero attached hydrogens (tertiary/aromatic N) is 2. The Labute approximate surface area is 81.3 Å². The smallest absolute Gasteiger partial charge is 0.0639 e. The average molecular weight is 186 g/mol. The predicted molar refractivity (Wildman–Crippen MR) is 54.8 cm³/mol. The fourth-order valence-corrected chi connectivity index (χ4v) is 1.99. The molecule has 1 heterocycles. The molecular weight excluding hydrogens is 164 g/mol. The lowest BCUT2D eigenvalue weighted by Gasteiger charge is -2.35. The van der Waals surface area contributed by atoms with Crippen LogP contribution in [0.1, 0.15) is 19.8 Å². The zero-order valence-electron chi connectivity index (χ0n) is 9.03. The fourth-order valence-electron chi connectivity index (χ4n) is 1.99. The quantitative estimate of drug-likeness (QED) is 0.691. The maximum absolute atomic E-state index is 9.23. The van der Waals surface area contributed by atoms with Gasteiger partial charge in [0.2, 0.25) is 0 Å². The Morgan fingerprint density at radius 2 is 1.92 bits per heavy atom. The van der Waals surface area contributed by atoms with Gasteiger partial charge in [-0.05, 0) is 47.0 Å². The highest BCUT2D eigenvalue weighted by Crippen LogP contribution is 2.13. The van der Waals surface area contributed by atoms with Crippen molar-refractivity contribution in [3.8, 4) is 0 Å². The summed E-state index contributed by atoms with van der Waals surface area (Å²) in [6.45, 7) is 4.96. The first-order valence-electron chi connectivity index (χ1n) is 5.16. The van der Waals surface area contributed by atoms with Crippen LogP contribution in [0.5, 0.6) is 0 Å². The van der Waals surface area contributed by atoms with Crippen LogP contribution in [0.3, 0.4) is 0 Å². The van der Waals surface area contributed by atoms with E-state index in [0.29, 0.717) is 0 Å². The molecule has 3 heteroatoms. The Morgan fingerprint density at radius 1 is 1.38 bits per heavy atom. The summed E-state index contributed by atoms with van der Waals surface area (Å²) in [6, 6.07) is 0.741. The van der Waals surface area contributed by atoms with Crippen molar-refractivity contribution < 1.29 is 5.11 Å². The standard InChI is InChI=1S/C10H22N2O/c1-9(13)8-12-6-4-10(5-7-12)11(2)3/h9-10,13H,4-8H2,1-3H3/t9-/m0/s1. The van der Waals surface area contributed by atoms with E-state index in [1.165, 1.54) is 12.8 Å². The summed E-state index contributed by atoms with van der Waals surface area (Å²) in [6.07, 6.45) is 2.29. The Hall–Kier alpha value is -0.120. The summed E-state index contributed by atoms with van der Waals surface area (Å²) in [5.74, 6) is 0. The van der Waals surface area contributed by atoms with Gasteiger partial charge in [0.05, 0.1) is 6.10 Å². The van der Waals surface area contributed by atoms with E-state index in [2.05, 4.69) is 23.9 Å². The van der Waals surface area contributed by atoms with E-state index in [-0.39, 0.29) is 6.10 Å². The number of aliphatic hydroxyl groups is 1. The molecule has 1 aliphatic rings. The van der Waals surface area contributed by atoms with Crippen molar-refractivity contribution in [1.82, 2.24) is 9.80 Å². The van der Waals surface area contributed by atoms with E-state index in [0.717, 1.165) is 25.7 Å². The van der Waals surface area contributed by atoms with Crippen molar-refractivity contribution in [1.29, 1.82) is 0 Å². The van der Waals surface area contributed by atoms with Gasteiger partial charge in [-0.1, -0.05) is 0 Å². The van der Waals surface area contributed by atoms with Gasteiger partial charge in [0, 0.05) is 12.6 Å². The zero-order chi connectivity index (χ0) is 9.84. The third-order valence-electron chi connectivity index (χ3n) is 2.81. The average Bonchev–Trinajstić information content (AvgIpc) is 2.04. The van der Waals surface area contributed by atoms with Crippen molar-refractivity contribution in [3.63, 3.8) is 0 Å². The molecule has 0 amide bonds. The summed E-state index contributed by atoms with van der Waals surface area (Å²) < 4.78 is 0. The first kappa shape index (κ1) is 11.0. The summed E-state index contributed by atoms with van der Waals surface area (Å²) in [4.78, 5) is 4.66. The van der Waals surface area contributed by atoms with Crippen LogP contribution >= 0.6 is 0 Å². The van der Waals surface area contributed by atoms with Crippen LogP contribution in [0, 0.1) is 0 Å². The number of β-amino-alcohol motifs (C(OH)–C–C–N with tert-alkyl or cyclic N) is 1. The predicted octanol–water partition coefficient (Wildman–Crippen LogP) is 0.393. The summed E-state index contributed by atoms with van der Waals surface area (Å²) in [5.41, 5.74) is 0. The van der Waals surface area contributed by atoms with Crippen molar-refractivity contribution in [2.45, 2.75) is 31.9 Å². The number of hydrogen-bond donors (Lipinski definition) is 1. The SMILES string of the molecule is C[C@H](O)CN1CCC(N(C)C)CC1. The molecule has 1 atom stereocenters. The number of piperidine rings is 1. The van der Waals surface area contributed by atoms with Gasteiger partial charge in [-0.3, -0.25) is 0 Å². The Morgan fingerprint density at radius 3 is 2.31 bits per heavy atom. The molecule has 13 heavy (non-hydrogen) atoms. The minimum atomic E-state index is -0.184. The van der Waals surface area contributed by atoms with Gasteiger partial charge in [-0.25, -0.2) is 0 Å². The number of hydrogen-bond acceptors (Lipinski definition) is 3. The van der Waals surface area contributed by atoms with E-state index in [4.69, 9.17) is 0 Å². The summed E-state index contributed by atoms with van der Waals surface area (Å²) in [7, 11) is 4.30. The van der Waals surface area contributed by atoms with Gasteiger partial charge < -0.3 is 14.9 Å². The topological polar surface area (TPSA) is 26.7 Å². The molecular formula is C10H22N2O. The van der Waals surface area contributed by atoms with Crippen LogP contribution < -0.4 is 0 Å². The van der Waals surface area contributed by atoms with E-state index >= 15 is 0 Å². The molecule has 1 fully saturated rings. The molecule has 0 aromatic heterocycles. The maximum atomic E-state index is 9.23. The lowest BCUT2D eigenvalue weighted by molar-refractivity contribution is 0.0888. The summed E-state index contributed by atoms with van der Waals surface area (Å²) in [5, 5.41) is 9.23. The second-order valence-electron chi connectivity index (χ2n) is 4.34. The van der Waals surface area contributed by atoms with Crippen LogP contribution in [0.15, 0.2) is 0 Å². The molecule has 0 spiro atoms. The normalized spacial score (nSPS) is 23.8. The van der Waals surface area contributed by atoms with E-state index in [1.54, 1.807) is 0 Å². The molecule has 0 unspecified atom stereocenters. The Bertz CT molecular complexity index is 140. The molecule has 0 bridgehead atoms. The van der Waals surface area contributed by atoms with Crippen LogP contribution in [-0.4, -0.2) is 60.8 Å². The van der Waals surface area contributed by atoms with E-state index in [9.17, 15) is 5.11 Å². The van der Waals surface area contributed by atoms with Crippen LogP contribution in [0.25, 0.3) is 0 Å². The molecule has 78 valence electrons. The third-order valence-corrected chi connectivity index (χ3v) is 2.81.